The molecule has 5 heteroatoms. The zero-order valence-corrected chi connectivity index (χ0v) is 13.7. The fourth-order valence-corrected chi connectivity index (χ4v) is 3.42. The van der Waals surface area contributed by atoms with Crippen LogP contribution < -0.4 is 5.32 Å². The molecule has 2 heterocycles. The quantitative estimate of drug-likeness (QED) is 0.910. The third-order valence-electron chi connectivity index (χ3n) is 5.11. The van der Waals surface area contributed by atoms with Crippen LogP contribution in [0.1, 0.15) is 43.0 Å². The van der Waals surface area contributed by atoms with Gasteiger partial charge < -0.3 is 10.1 Å². The van der Waals surface area contributed by atoms with E-state index in [9.17, 15) is 4.39 Å². The van der Waals surface area contributed by atoms with Gasteiger partial charge >= 0.3 is 0 Å². The van der Waals surface area contributed by atoms with Crippen LogP contribution in [0.2, 0.25) is 0 Å². The second kappa shape index (κ2) is 6.48. The summed E-state index contributed by atoms with van der Waals surface area (Å²) in [6.45, 7) is 2.13. The maximum Gasteiger partial charge on any atom is 0.133 e. The van der Waals surface area contributed by atoms with Crippen molar-refractivity contribution >= 4 is 5.82 Å². The number of aromatic nitrogens is 2. The van der Waals surface area contributed by atoms with E-state index in [1.54, 1.807) is 12.1 Å². The van der Waals surface area contributed by atoms with E-state index in [0.717, 1.165) is 36.6 Å². The Balaban J connectivity index is 1.55. The lowest BCUT2D eigenvalue weighted by molar-refractivity contribution is 0.0542. The van der Waals surface area contributed by atoms with Gasteiger partial charge in [-0.1, -0.05) is 12.1 Å². The number of halogens is 1. The second-order valence-electron chi connectivity index (χ2n) is 6.83. The summed E-state index contributed by atoms with van der Waals surface area (Å²) in [5, 5.41) is 3.47. The van der Waals surface area contributed by atoms with Crippen molar-refractivity contribution in [1.82, 2.24) is 9.97 Å². The van der Waals surface area contributed by atoms with Crippen LogP contribution in [0.15, 0.2) is 36.5 Å². The molecule has 0 radical (unpaired) electrons. The van der Waals surface area contributed by atoms with Crippen LogP contribution >= 0.6 is 0 Å². The molecule has 0 amide bonds. The van der Waals surface area contributed by atoms with Gasteiger partial charge in [0.25, 0.3) is 0 Å². The molecule has 1 saturated carbocycles. The number of hydrogen-bond donors (Lipinski definition) is 1. The minimum atomic E-state index is -0.184. The van der Waals surface area contributed by atoms with Crippen molar-refractivity contribution in [3.63, 3.8) is 0 Å². The van der Waals surface area contributed by atoms with E-state index in [1.165, 1.54) is 18.9 Å². The van der Waals surface area contributed by atoms with Crippen molar-refractivity contribution < 1.29 is 9.13 Å². The van der Waals surface area contributed by atoms with Crippen LogP contribution in [-0.2, 0) is 10.2 Å². The Morgan fingerprint density at radius 1 is 1.21 bits per heavy atom. The van der Waals surface area contributed by atoms with E-state index in [2.05, 4.69) is 15.3 Å². The lowest BCUT2D eigenvalue weighted by atomic mass is 9.74. The number of nitrogens with zero attached hydrogens (tertiary/aromatic N) is 2. The molecule has 0 bridgehead atoms. The van der Waals surface area contributed by atoms with Gasteiger partial charge in [-0.15, -0.1) is 0 Å². The average molecular weight is 327 g/mol. The summed E-state index contributed by atoms with van der Waals surface area (Å²) in [6.07, 6.45) is 5.96. The fourth-order valence-electron chi connectivity index (χ4n) is 3.42. The number of rotatable bonds is 5. The normalized spacial score (nSPS) is 19.9. The third kappa shape index (κ3) is 3.26. The van der Waals surface area contributed by atoms with E-state index >= 15 is 0 Å². The van der Waals surface area contributed by atoms with Gasteiger partial charge in [-0.25, -0.2) is 14.4 Å². The van der Waals surface area contributed by atoms with Gasteiger partial charge in [0.1, 0.15) is 17.5 Å². The van der Waals surface area contributed by atoms with Crippen molar-refractivity contribution in [3.8, 4) is 0 Å². The zero-order chi connectivity index (χ0) is 16.4. The largest absolute Gasteiger partial charge is 0.381 e. The molecule has 2 fully saturated rings. The van der Waals surface area contributed by atoms with Crippen LogP contribution in [0.5, 0.6) is 0 Å². The molecule has 0 unspecified atom stereocenters. The molecule has 4 rings (SSSR count). The highest BCUT2D eigenvalue weighted by Crippen LogP contribution is 2.38. The summed E-state index contributed by atoms with van der Waals surface area (Å²) in [4.78, 5) is 9.00. The van der Waals surface area contributed by atoms with Crippen LogP contribution in [0.3, 0.4) is 0 Å². The zero-order valence-electron chi connectivity index (χ0n) is 13.7. The van der Waals surface area contributed by atoms with Gasteiger partial charge in [0.15, 0.2) is 0 Å². The topological polar surface area (TPSA) is 47.0 Å². The second-order valence-corrected chi connectivity index (χ2v) is 6.83. The van der Waals surface area contributed by atoms with Gasteiger partial charge in [-0.2, -0.15) is 0 Å². The van der Waals surface area contributed by atoms with Crippen molar-refractivity contribution in [1.29, 1.82) is 0 Å². The number of nitrogens with one attached hydrogen (secondary N) is 1. The van der Waals surface area contributed by atoms with E-state index in [-0.39, 0.29) is 11.2 Å². The monoisotopic (exact) mass is 327 g/mol. The van der Waals surface area contributed by atoms with Gasteiger partial charge in [0.05, 0.1) is 0 Å². The number of hydrogen-bond acceptors (Lipinski definition) is 4. The van der Waals surface area contributed by atoms with E-state index in [4.69, 9.17) is 4.74 Å². The average Bonchev–Trinajstić information content (AvgIpc) is 3.46. The molecular formula is C19H22FN3O. The first-order valence-corrected chi connectivity index (χ1v) is 8.66. The molecule has 1 aromatic carbocycles. The Morgan fingerprint density at radius 2 is 2.04 bits per heavy atom. The number of ether oxygens (including phenoxy) is 1. The lowest BCUT2D eigenvalue weighted by Crippen LogP contribution is -2.40. The molecule has 2 aromatic rings. The molecule has 1 N–H and O–H groups in total. The molecule has 24 heavy (non-hydrogen) atoms. The summed E-state index contributed by atoms with van der Waals surface area (Å²) in [5.41, 5.74) is 0.917. The van der Waals surface area contributed by atoms with Gasteiger partial charge in [0, 0.05) is 37.3 Å². The summed E-state index contributed by atoms with van der Waals surface area (Å²) >= 11 is 0. The van der Waals surface area contributed by atoms with Gasteiger partial charge in [0.2, 0.25) is 0 Å². The Hall–Kier alpha value is -2.01. The van der Waals surface area contributed by atoms with Crippen molar-refractivity contribution in [2.75, 3.05) is 25.1 Å². The molecule has 126 valence electrons. The molecule has 1 saturated heterocycles. The van der Waals surface area contributed by atoms with Crippen LogP contribution in [-0.4, -0.2) is 29.7 Å². The SMILES string of the molecule is Fc1cccc(C2(CNc3ccnc(C4CC4)n3)CCOCC2)c1. The number of benzene rings is 1. The lowest BCUT2D eigenvalue weighted by Gasteiger charge is -2.38. The van der Waals surface area contributed by atoms with Crippen molar-refractivity contribution in [3.05, 3.63) is 53.7 Å². The van der Waals surface area contributed by atoms with Gasteiger partial charge in [-0.3, -0.25) is 0 Å². The van der Waals surface area contributed by atoms with Crippen LogP contribution in [0.4, 0.5) is 10.2 Å². The molecule has 2 aliphatic rings. The Labute approximate surface area is 141 Å². The van der Waals surface area contributed by atoms with E-state index in [1.807, 2.05) is 18.3 Å². The molecule has 4 nitrogen and oxygen atoms in total. The predicted octanol–water partition coefficient (Wildman–Crippen LogP) is 3.65. The summed E-state index contributed by atoms with van der Waals surface area (Å²) in [6, 6.07) is 8.87. The standard InChI is InChI=1S/C19H22FN3O/c20-16-3-1-2-15(12-16)19(7-10-24-11-8-19)13-22-17-6-9-21-18(23-17)14-4-5-14/h1-3,6,9,12,14H,4-5,7-8,10-11,13H2,(H,21,22,23). The highest BCUT2D eigenvalue weighted by Gasteiger charge is 2.35. The number of anilines is 1. The Bertz CT molecular complexity index is 711. The minimum absolute atomic E-state index is 0.120. The molecule has 0 atom stereocenters. The maximum atomic E-state index is 13.7. The molecule has 1 aliphatic carbocycles. The Morgan fingerprint density at radius 3 is 2.79 bits per heavy atom. The molecule has 1 aliphatic heterocycles. The maximum absolute atomic E-state index is 13.7. The first-order valence-electron chi connectivity index (χ1n) is 8.66. The highest BCUT2D eigenvalue weighted by molar-refractivity contribution is 5.37. The summed E-state index contributed by atoms with van der Waals surface area (Å²) in [7, 11) is 0. The minimum Gasteiger partial charge on any atom is -0.381 e. The molecule has 0 spiro atoms. The van der Waals surface area contributed by atoms with Crippen LogP contribution in [0.25, 0.3) is 0 Å². The van der Waals surface area contributed by atoms with Crippen molar-refractivity contribution in [2.45, 2.75) is 37.0 Å². The molecule has 1 aromatic heterocycles. The van der Waals surface area contributed by atoms with Crippen LogP contribution in [0, 0.1) is 5.82 Å². The molecular weight excluding hydrogens is 305 g/mol. The first-order chi connectivity index (χ1) is 11.8. The smallest absolute Gasteiger partial charge is 0.133 e. The fraction of sp³-hybridized carbons (Fsp3) is 0.474. The Kier molecular flexibility index (Phi) is 4.19. The summed E-state index contributed by atoms with van der Waals surface area (Å²) < 4.78 is 19.3. The third-order valence-corrected chi connectivity index (χ3v) is 5.11. The van der Waals surface area contributed by atoms with Gasteiger partial charge in [-0.05, 0) is 49.4 Å². The highest BCUT2D eigenvalue weighted by atomic mass is 19.1. The van der Waals surface area contributed by atoms with E-state index in [0.29, 0.717) is 19.1 Å². The van der Waals surface area contributed by atoms with Crippen molar-refractivity contribution in [2.24, 2.45) is 0 Å². The summed E-state index contributed by atoms with van der Waals surface area (Å²) in [5.74, 6) is 2.14. The predicted molar refractivity (Wildman–Crippen MR) is 90.6 cm³/mol. The first kappa shape index (κ1) is 15.5. The van der Waals surface area contributed by atoms with E-state index < -0.39 is 0 Å².